The van der Waals surface area contributed by atoms with Crippen LogP contribution in [-0.2, 0) is 0 Å². The van der Waals surface area contributed by atoms with Gasteiger partial charge in [-0.2, -0.15) is 0 Å². The number of benzene rings is 1. The number of carbonyl (C=O) groups excluding carboxylic acids is 1. The highest BCUT2D eigenvalue weighted by atomic mass is 35.5. The topological polar surface area (TPSA) is 41.1 Å². The van der Waals surface area contributed by atoms with E-state index in [1.54, 1.807) is 12.1 Å². The van der Waals surface area contributed by atoms with Crippen molar-refractivity contribution in [2.45, 2.75) is 13.8 Å². The van der Waals surface area contributed by atoms with E-state index in [1.807, 2.05) is 19.9 Å². The zero-order chi connectivity index (χ0) is 9.84. The molecule has 0 saturated carbocycles. The van der Waals surface area contributed by atoms with Crippen molar-refractivity contribution in [3.8, 4) is 0 Å². The summed E-state index contributed by atoms with van der Waals surface area (Å²) < 4.78 is 0. The number of hydrazine groups is 1. The summed E-state index contributed by atoms with van der Waals surface area (Å²) >= 11 is 5.14. The Morgan fingerprint density at radius 1 is 1.23 bits per heavy atom. The Bertz CT molecular complexity index is 305. The van der Waals surface area contributed by atoms with Gasteiger partial charge in [-0.3, -0.25) is 10.2 Å². The fraction of sp³-hybridized carbons (Fsp3) is 0.222. The molecular weight excluding hydrogens is 188 g/mol. The van der Waals surface area contributed by atoms with Gasteiger partial charge < -0.3 is 0 Å². The number of aryl methyl sites for hydroxylation is 2. The number of carbonyl (C=O) groups is 1. The maximum absolute atomic E-state index is 11.3. The number of amides is 1. The summed E-state index contributed by atoms with van der Waals surface area (Å²) in [6.07, 6.45) is 0. The lowest BCUT2D eigenvalue weighted by Gasteiger charge is -2.04. The molecule has 0 fully saturated rings. The van der Waals surface area contributed by atoms with Gasteiger partial charge in [-0.25, -0.2) is 0 Å². The van der Waals surface area contributed by atoms with Crippen molar-refractivity contribution in [1.82, 2.24) is 10.4 Å². The molecule has 1 aromatic carbocycles. The monoisotopic (exact) mass is 198 g/mol. The Balaban J connectivity index is 2.94. The molecule has 0 atom stereocenters. The van der Waals surface area contributed by atoms with Crippen molar-refractivity contribution in [2.24, 2.45) is 0 Å². The highest BCUT2D eigenvalue weighted by Gasteiger charge is 2.04. The van der Waals surface area contributed by atoms with Crippen LogP contribution in [0.4, 0.5) is 0 Å². The molecule has 4 heteroatoms. The molecule has 0 heterocycles. The lowest BCUT2D eigenvalue weighted by atomic mass is 10.1. The minimum atomic E-state index is -0.234. The van der Waals surface area contributed by atoms with Crippen molar-refractivity contribution in [2.75, 3.05) is 0 Å². The fourth-order valence-electron chi connectivity index (χ4n) is 1.22. The molecule has 2 N–H and O–H groups in total. The van der Waals surface area contributed by atoms with E-state index in [4.69, 9.17) is 11.8 Å². The zero-order valence-corrected chi connectivity index (χ0v) is 8.27. The van der Waals surface area contributed by atoms with Gasteiger partial charge in [0.25, 0.3) is 5.91 Å². The summed E-state index contributed by atoms with van der Waals surface area (Å²) in [5, 5.41) is 0. The molecular formula is C9H11ClN2O. The molecule has 1 amide bonds. The predicted octanol–water partition coefficient (Wildman–Crippen LogP) is 1.69. The van der Waals surface area contributed by atoms with Crippen LogP contribution in [0.1, 0.15) is 21.5 Å². The van der Waals surface area contributed by atoms with Crippen LogP contribution in [-0.4, -0.2) is 5.91 Å². The molecule has 0 aliphatic carbocycles. The smallest absolute Gasteiger partial charge is 0.266 e. The Kier molecular flexibility index (Phi) is 3.28. The van der Waals surface area contributed by atoms with E-state index >= 15 is 0 Å². The summed E-state index contributed by atoms with van der Waals surface area (Å²) in [6.45, 7) is 3.88. The molecule has 0 bridgehead atoms. The molecule has 0 unspecified atom stereocenters. The van der Waals surface area contributed by atoms with Crippen molar-refractivity contribution in [3.63, 3.8) is 0 Å². The molecule has 0 aliphatic heterocycles. The van der Waals surface area contributed by atoms with Gasteiger partial charge in [-0.05, 0) is 37.8 Å². The normalized spacial score (nSPS) is 9.77. The Morgan fingerprint density at radius 3 is 2.23 bits per heavy atom. The summed E-state index contributed by atoms with van der Waals surface area (Å²) in [6, 6.07) is 5.61. The molecule has 0 aromatic heterocycles. The first-order chi connectivity index (χ1) is 6.13. The van der Waals surface area contributed by atoms with Crippen LogP contribution in [0.15, 0.2) is 18.2 Å². The van der Waals surface area contributed by atoms with Crippen LogP contribution in [0.5, 0.6) is 0 Å². The van der Waals surface area contributed by atoms with Crippen LogP contribution < -0.4 is 10.4 Å². The molecule has 70 valence electrons. The van der Waals surface area contributed by atoms with Gasteiger partial charge in [-0.1, -0.05) is 17.2 Å². The van der Waals surface area contributed by atoms with Crippen LogP contribution in [0.3, 0.4) is 0 Å². The van der Waals surface area contributed by atoms with Gasteiger partial charge in [0.05, 0.1) is 0 Å². The number of hydrogen-bond donors (Lipinski definition) is 2. The Morgan fingerprint density at radius 2 is 1.77 bits per heavy atom. The van der Waals surface area contributed by atoms with E-state index in [1.165, 1.54) is 0 Å². The maximum atomic E-state index is 11.3. The van der Waals surface area contributed by atoms with Crippen molar-refractivity contribution in [1.29, 1.82) is 0 Å². The summed E-state index contributed by atoms with van der Waals surface area (Å²) in [5.41, 5.74) is 5.01. The van der Waals surface area contributed by atoms with Crippen LogP contribution in [0, 0.1) is 13.8 Å². The fourth-order valence-corrected chi connectivity index (χ4v) is 1.31. The molecule has 1 aromatic rings. The Labute approximate surface area is 82.2 Å². The molecule has 0 radical (unpaired) electrons. The molecule has 0 spiro atoms. The van der Waals surface area contributed by atoms with Crippen LogP contribution in [0.25, 0.3) is 0 Å². The van der Waals surface area contributed by atoms with Crippen molar-refractivity contribution >= 4 is 17.7 Å². The average Bonchev–Trinajstić information content (AvgIpc) is 2.03. The summed E-state index contributed by atoms with van der Waals surface area (Å²) in [4.78, 5) is 13.4. The first-order valence-corrected chi connectivity index (χ1v) is 4.25. The number of rotatable bonds is 2. The number of hydrogen-bond acceptors (Lipinski definition) is 2. The molecule has 1 rings (SSSR count). The standard InChI is InChI=1S/C9H11ClN2O/c1-6-3-7(2)5-8(4-6)9(13)11-12-10/h3-5,12H,1-2H3,(H,11,13). The maximum Gasteiger partial charge on any atom is 0.266 e. The lowest BCUT2D eigenvalue weighted by molar-refractivity contribution is 0.0946. The number of nitrogens with one attached hydrogen (secondary N) is 2. The van der Waals surface area contributed by atoms with Gasteiger partial charge in [0.15, 0.2) is 0 Å². The average molecular weight is 199 g/mol. The van der Waals surface area contributed by atoms with Crippen molar-refractivity contribution in [3.05, 3.63) is 34.9 Å². The second kappa shape index (κ2) is 4.25. The van der Waals surface area contributed by atoms with E-state index in [0.29, 0.717) is 5.56 Å². The molecule has 0 aliphatic rings. The minimum Gasteiger partial charge on any atom is -0.273 e. The minimum absolute atomic E-state index is 0.234. The third-order valence-electron chi connectivity index (χ3n) is 1.64. The quantitative estimate of drug-likeness (QED) is 0.561. The molecule has 3 nitrogen and oxygen atoms in total. The van der Waals surface area contributed by atoms with E-state index < -0.39 is 0 Å². The van der Waals surface area contributed by atoms with E-state index in [9.17, 15) is 4.79 Å². The third kappa shape index (κ3) is 2.72. The predicted molar refractivity (Wildman–Crippen MR) is 52.4 cm³/mol. The highest BCUT2D eigenvalue weighted by Crippen LogP contribution is 2.08. The second-order valence-electron chi connectivity index (χ2n) is 2.93. The SMILES string of the molecule is Cc1cc(C)cc(C(=O)NNCl)c1. The van der Waals surface area contributed by atoms with Crippen LogP contribution in [0.2, 0.25) is 0 Å². The highest BCUT2D eigenvalue weighted by molar-refractivity contribution is 6.14. The Hall–Kier alpha value is -1.06. The van der Waals surface area contributed by atoms with E-state index in [0.717, 1.165) is 11.1 Å². The summed E-state index contributed by atoms with van der Waals surface area (Å²) in [5.74, 6) is -0.234. The number of halogens is 1. The van der Waals surface area contributed by atoms with E-state index in [-0.39, 0.29) is 5.91 Å². The van der Waals surface area contributed by atoms with Gasteiger partial charge in [0.1, 0.15) is 0 Å². The third-order valence-corrected chi connectivity index (χ3v) is 1.74. The van der Waals surface area contributed by atoms with Gasteiger partial charge in [0.2, 0.25) is 0 Å². The second-order valence-corrected chi connectivity index (χ2v) is 3.11. The van der Waals surface area contributed by atoms with Gasteiger partial charge in [-0.15, -0.1) is 4.94 Å². The molecule has 0 saturated heterocycles. The molecule has 13 heavy (non-hydrogen) atoms. The zero-order valence-electron chi connectivity index (χ0n) is 7.52. The largest absolute Gasteiger partial charge is 0.273 e. The first-order valence-electron chi connectivity index (χ1n) is 3.88. The first kappa shape index (κ1) is 10.0. The van der Waals surface area contributed by atoms with Crippen LogP contribution >= 0.6 is 11.8 Å². The van der Waals surface area contributed by atoms with Gasteiger partial charge >= 0.3 is 0 Å². The van der Waals surface area contributed by atoms with Gasteiger partial charge in [0, 0.05) is 5.56 Å². The lowest BCUT2D eigenvalue weighted by Crippen LogP contribution is -2.30. The van der Waals surface area contributed by atoms with Crippen molar-refractivity contribution < 1.29 is 4.79 Å². The van der Waals surface area contributed by atoms with E-state index in [2.05, 4.69) is 10.4 Å². The summed E-state index contributed by atoms with van der Waals surface area (Å²) in [7, 11) is 0.